The Hall–Kier alpha value is -1.38. The SMILES string of the molecule is CC(C)(C)c1nc2cccnc2n1C1CCCCC1. The quantitative estimate of drug-likeness (QED) is 0.765. The minimum absolute atomic E-state index is 0.0676. The lowest BCUT2D eigenvalue weighted by Gasteiger charge is -2.28. The second kappa shape index (κ2) is 4.62. The van der Waals surface area contributed by atoms with Gasteiger partial charge in [-0.2, -0.15) is 0 Å². The summed E-state index contributed by atoms with van der Waals surface area (Å²) >= 11 is 0. The van der Waals surface area contributed by atoms with E-state index in [4.69, 9.17) is 4.98 Å². The first-order valence-electron chi connectivity index (χ1n) is 7.41. The van der Waals surface area contributed by atoms with E-state index in [0.717, 1.165) is 11.2 Å². The van der Waals surface area contributed by atoms with Crippen LogP contribution in [-0.2, 0) is 5.41 Å². The monoisotopic (exact) mass is 257 g/mol. The van der Waals surface area contributed by atoms with Crippen molar-refractivity contribution < 1.29 is 0 Å². The standard InChI is InChI=1S/C16H23N3/c1-16(2,3)15-18-13-10-7-11-17-14(13)19(15)12-8-5-4-6-9-12/h7,10-12H,4-6,8-9H2,1-3H3. The largest absolute Gasteiger partial charge is 0.309 e. The zero-order valence-corrected chi connectivity index (χ0v) is 12.2. The number of imidazole rings is 1. The maximum Gasteiger partial charge on any atom is 0.160 e. The fraction of sp³-hybridized carbons (Fsp3) is 0.625. The lowest BCUT2D eigenvalue weighted by molar-refractivity contribution is 0.336. The number of hydrogen-bond donors (Lipinski definition) is 0. The summed E-state index contributed by atoms with van der Waals surface area (Å²) in [7, 11) is 0. The average molecular weight is 257 g/mol. The summed E-state index contributed by atoms with van der Waals surface area (Å²) in [5.74, 6) is 1.19. The average Bonchev–Trinajstić information content (AvgIpc) is 2.79. The van der Waals surface area contributed by atoms with Gasteiger partial charge in [0.25, 0.3) is 0 Å². The van der Waals surface area contributed by atoms with E-state index in [0.29, 0.717) is 6.04 Å². The molecule has 1 saturated carbocycles. The van der Waals surface area contributed by atoms with Crippen LogP contribution in [0.2, 0.25) is 0 Å². The van der Waals surface area contributed by atoms with Crippen molar-refractivity contribution in [2.24, 2.45) is 0 Å². The normalized spacial score (nSPS) is 18.1. The fourth-order valence-corrected chi connectivity index (χ4v) is 3.14. The van der Waals surface area contributed by atoms with Gasteiger partial charge >= 0.3 is 0 Å². The molecular formula is C16H23N3. The number of rotatable bonds is 1. The van der Waals surface area contributed by atoms with E-state index in [1.54, 1.807) is 0 Å². The smallest absolute Gasteiger partial charge is 0.160 e. The first kappa shape index (κ1) is 12.6. The molecule has 3 nitrogen and oxygen atoms in total. The molecule has 0 spiro atoms. The third-order valence-corrected chi connectivity index (χ3v) is 4.06. The first-order chi connectivity index (χ1) is 9.07. The molecule has 0 amide bonds. The number of aromatic nitrogens is 3. The molecule has 0 N–H and O–H groups in total. The van der Waals surface area contributed by atoms with E-state index in [1.165, 1.54) is 37.9 Å². The van der Waals surface area contributed by atoms with Crippen LogP contribution in [0.15, 0.2) is 18.3 Å². The molecule has 0 atom stereocenters. The lowest BCUT2D eigenvalue weighted by Crippen LogP contribution is -2.23. The van der Waals surface area contributed by atoms with E-state index >= 15 is 0 Å². The van der Waals surface area contributed by atoms with Crippen LogP contribution in [0.3, 0.4) is 0 Å². The summed E-state index contributed by atoms with van der Waals surface area (Å²) < 4.78 is 2.43. The van der Waals surface area contributed by atoms with Crippen LogP contribution in [0.25, 0.3) is 11.2 Å². The summed E-state index contributed by atoms with van der Waals surface area (Å²) in [6.45, 7) is 6.73. The zero-order valence-electron chi connectivity index (χ0n) is 12.2. The highest BCUT2D eigenvalue weighted by Crippen LogP contribution is 2.35. The molecule has 3 heteroatoms. The molecule has 0 radical (unpaired) electrons. The van der Waals surface area contributed by atoms with Crippen molar-refractivity contribution >= 4 is 11.2 Å². The van der Waals surface area contributed by atoms with Gasteiger partial charge in [0.1, 0.15) is 11.3 Å². The van der Waals surface area contributed by atoms with Gasteiger partial charge in [-0.1, -0.05) is 40.0 Å². The first-order valence-corrected chi connectivity index (χ1v) is 7.41. The van der Waals surface area contributed by atoms with Crippen molar-refractivity contribution in [3.63, 3.8) is 0 Å². The molecule has 0 unspecified atom stereocenters. The van der Waals surface area contributed by atoms with E-state index in [1.807, 2.05) is 12.3 Å². The molecule has 0 aromatic carbocycles. The van der Waals surface area contributed by atoms with Crippen LogP contribution >= 0.6 is 0 Å². The molecule has 2 heterocycles. The predicted molar refractivity (Wildman–Crippen MR) is 78.4 cm³/mol. The van der Waals surface area contributed by atoms with Crippen LogP contribution in [0.1, 0.15) is 64.7 Å². The second-order valence-corrected chi connectivity index (χ2v) is 6.69. The minimum atomic E-state index is 0.0676. The lowest BCUT2D eigenvalue weighted by atomic mass is 9.92. The van der Waals surface area contributed by atoms with Gasteiger partial charge in [-0.25, -0.2) is 9.97 Å². The molecule has 1 aliphatic carbocycles. The summed E-state index contributed by atoms with van der Waals surface area (Å²) in [5, 5.41) is 0. The molecule has 0 saturated heterocycles. The highest BCUT2D eigenvalue weighted by molar-refractivity contribution is 5.71. The number of fused-ring (bicyclic) bond motifs is 1. The molecule has 3 rings (SSSR count). The minimum Gasteiger partial charge on any atom is -0.309 e. The van der Waals surface area contributed by atoms with Crippen molar-refractivity contribution in [2.75, 3.05) is 0 Å². The Kier molecular flexibility index (Phi) is 3.08. The Morgan fingerprint density at radius 1 is 1.16 bits per heavy atom. The van der Waals surface area contributed by atoms with Crippen molar-refractivity contribution in [1.29, 1.82) is 0 Å². The highest BCUT2D eigenvalue weighted by Gasteiger charge is 2.28. The van der Waals surface area contributed by atoms with Crippen LogP contribution < -0.4 is 0 Å². The van der Waals surface area contributed by atoms with Crippen LogP contribution in [0, 0.1) is 0 Å². The summed E-state index contributed by atoms with van der Waals surface area (Å²) in [5.41, 5.74) is 2.18. The highest BCUT2D eigenvalue weighted by atomic mass is 15.2. The number of pyridine rings is 1. The molecule has 19 heavy (non-hydrogen) atoms. The molecule has 0 bridgehead atoms. The van der Waals surface area contributed by atoms with Gasteiger partial charge in [-0.3, -0.25) is 0 Å². The van der Waals surface area contributed by atoms with Crippen molar-refractivity contribution in [3.8, 4) is 0 Å². The van der Waals surface area contributed by atoms with E-state index in [2.05, 4.69) is 36.4 Å². The molecular weight excluding hydrogens is 234 g/mol. The predicted octanol–water partition coefficient (Wildman–Crippen LogP) is 4.23. The second-order valence-electron chi connectivity index (χ2n) is 6.69. The van der Waals surface area contributed by atoms with E-state index < -0.39 is 0 Å². The Bertz CT molecular complexity index is 571. The Balaban J connectivity index is 2.18. The third kappa shape index (κ3) is 2.26. The van der Waals surface area contributed by atoms with Gasteiger partial charge in [0.05, 0.1) is 0 Å². The summed E-state index contributed by atoms with van der Waals surface area (Å²) in [6.07, 6.45) is 8.47. The van der Waals surface area contributed by atoms with Gasteiger partial charge < -0.3 is 4.57 Å². The maximum absolute atomic E-state index is 4.86. The topological polar surface area (TPSA) is 30.7 Å². The van der Waals surface area contributed by atoms with Crippen molar-refractivity contribution in [3.05, 3.63) is 24.2 Å². The van der Waals surface area contributed by atoms with Crippen LogP contribution in [-0.4, -0.2) is 14.5 Å². The Labute approximate surface area is 115 Å². The van der Waals surface area contributed by atoms with Gasteiger partial charge in [-0.05, 0) is 25.0 Å². The zero-order chi connectivity index (χ0) is 13.5. The van der Waals surface area contributed by atoms with Crippen LogP contribution in [0.5, 0.6) is 0 Å². The molecule has 1 aliphatic rings. The fourth-order valence-electron chi connectivity index (χ4n) is 3.14. The summed E-state index contributed by atoms with van der Waals surface area (Å²) in [4.78, 5) is 9.45. The number of nitrogens with zero attached hydrogens (tertiary/aromatic N) is 3. The van der Waals surface area contributed by atoms with Gasteiger partial charge in [0.15, 0.2) is 5.65 Å². The molecule has 2 aromatic rings. The molecule has 1 fully saturated rings. The van der Waals surface area contributed by atoms with Crippen molar-refractivity contribution in [1.82, 2.24) is 14.5 Å². The van der Waals surface area contributed by atoms with Gasteiger partial charge in [0.2, 0.25) is 0 Å². The third-order valence-electron chi connectivity index (χ3n) is 4.06. The van der Waals surface area contributed by atoms with E-state index in [9.17, 15) is 0 Å². The Morgan fingerprint density at radius 3 is 2.58 bits per heavy atom. The molecule has 102 valence electrons. The van der Waals surface area contributed by atoms with Crippen molar-refractivity contribution in [2.45, 2.75) is 64.3 Å². The molecule has 2 aromatic heterocycles. The Morgan fingerprint density at radius 2 is 1.89 bits per heavy atom. The molecule has 0 aliphatic heterocycles. The maximum atomic E-state index is 4.86. The van der Waals surface area contributed by atoms with Crippen LogP contribution in [0.4, 0.5) is 0 Å². The summed E-state index contributed by atoms with van der Waals surface area (Å²) in [6, 6.07) is 4.65. The van der Waals surface area contributed by atoms with Gasteiger partial charge in [-0.15, -0.1) is 0 Å². The van der Waals surface area contributed by atoms with Gasteiger partial charge in [0, 0.05) is 17.7 Å². The number of hydrogen-bond acceptors (Lipinski definition) is 2. The van der Waals surface area contributed by atoms with E-state index in [-0.39, 0.29) is 5.41 Å².